The van der Waals surface area contributed by atoms with Crippen LogP contribution in [0.1, 0.15) is 18.2 Å². The van der Waals surface area contributed by atoms with E-state index >= 15 is 0 Å². The van der Waals surface area contributed by atoms with E-state index in [-0.39, 0.29) is 5.91 Å². The van der Waals surface area contributed by atoms with E-state index in [2.05, 4.69) is 20.7 Å². The molecule has 0 aliphatic rings. The number of amides is 1. The van der Waals surface area contributed by atoms with Crippen molar-refractivity contribution in [2.24, 2.45) is 0 Å². The number of carbonyl (C=O) groups is 1. The molecule has 0 aliphatic heterocycles. The standard InChI is InChI=1S/C12H17N5O/c1-3-14-12(18)7-13-5-10-6-15-11-4-9(2)16-17(11)8-10/h4,6,8,13H,3,5,7H2,1-2H3,(H,14,18). The first kappa shape index (κ1) is 12.5. The summed E-state index contributed by atoms with van der Waals surface area (Å²) in [5, 5.41) is 10.1. The lowest BCUT2D eigenvalue weighted by atomic mass is 10.3. The predicted molar refractivity (Wildman–Crippen MR) is 68.1 cm³/mol. The van der Waals surface area contributed by atoms with Crippen molar-refractivity contribution in [3.8, 4) is 0 Å². The van der Waals surface area contributed by atoms with Gasteiger partial charge in [0.1, 0.15) is 0 Å². The SMILES string of the molecule is CCNC(=O)CNCc1cnc2cc(C)nn2c1. The second-order valence-corrected chi connectivity index (χ2v) is 4.11. The zero-order chi connectivity index (χ0) is 13.0. The highest BCUT2D eigenvalue weighted by Gasteiger charge is 2.02. The van der Waals surface area contributed by atoms with E-state index in [0.29, 0.717) is 19.6 Å². The first-order chi connectivity index (χ1) is 8.69. The van der Waals surface area contributed by atoms with E-state index in [1.165, 1.54) is 0 Å². The summed E-state index contributed by atoms with van der Waals surface area (Å²) in [6, 6.07) is 1.92. The van der Waals surface area contributed by atoms with Crippen LogP contribution >= 0.6 is 0 Å². The van der Waals surface area contributed by atoms with E-state index in [1.54, 1.807) is 10.7 Å². The Morgan fingerprint density at radius 3 is 3.11 bits per heavy atom. The van der Waals surface area contributed by atoms with Gasteiger partial charge >= 0.3 is 0 Å². The fourth-order valence-corrected chi connectivity index (χ4v) is 1.71. The summed E-state index contributed by atoms with van der Waals surface area (Å²) in [4.78, 5) is 15.5. The molecule has 6 heteroatoms. The van der Waals surface area contributed by atoms with Gasteiger partial charge in [-0.25, -0.2) is 9.50 Å². The summed E-state index contributed by atoms with van der Waals surface area (Å²) in [5.41, 5.74) is 2.77. The molecule has 2 N–H and O–H groups in total. The normalized spacial score (nSPS) is 10.8. The van der Waals surface area contributed by atoms with Crippen molar-refractivity contribution in [2.75, 3.05) is 13.1 Å². The number of nitrogens with one attached hydrogen (secondary N) is 2. The molecule has 96 valence electrons. The number of hydrogen-bond acceptors (Lipinski definition) is 4. The summed E-state index contributed by atoms with van der Waals surface area (Å²) in [7, 11) is 0. The maximum atomic E-state index is 11.2. The van der Waals surface area contributed by atoms with E-state index in [4.69, 9.17) is 0 Å². The Balaban J connectivity index is 1.93. The van der Waals surface area contributed by atoms with Crippen LogP contribution in [-0.4, -0.2) is 33.6 Å². The molecule has 2 aromatic heterocycles. The minimum atomic E-state index is 0.00136. The first-order valence-electron chi connectivity index (χ1n) is 5.97. The third-order valence-electron chi connectivity index (χ3n) is 2.48. The number of aromatic nitrogens is 3. The minimum absolute atomic E-state index is 0.00136. The maximum absolute atomic E-state index is 11.2. The molecule has 2 heterocycles. The third kappa shape index (κ3) is 3.04. The average molecular weight is 247 g/mol. The van der Waals surface area contributed by atoms with Crippen LogP contribution < -0.4 is 10.6 Å². The molecule has 18 heavy (non-hydrogen) atoms. The van der Waals surface area contributed by atoms with Crippen molar-refractivity contribution in [2.45, 2.75) is 20.4 Å². The number of rotatable bonds is 5. The molecule has 2 aromatic rings. The van der Waals surface area contributed by atoms with E-state index in [0.717, 1.165) is 16.9 Å². The highest BCUT2D eigenvalue weighted by molar-refractivity contribution is 5.77. The number of fused-ring (bicyclic) bond motifs is 1. The first-order valence-corrected chi connectivity index (χ1v) is 5.97. The lowest BCUT2D eigenvalue weighted by Gasteiger charge is -2.05. The van der Waals surface area contributed by atoms with Crippen molar-refractivity contribution in [1.29, 1.82) is 0 Å². The van der Waals surface area contributed by atoms with Crippen LogP contribution in [0.25, 0.3) is 5.65 Å². The Labute approximate surface area is 105 Å². The van der Waals surface area contributed by atoms with Gasteiger partial charge < -0.3 is 10.6 Å². The molecule has 0 aliphatic carbocycles. The van der Waals surface area contributed by atoms with E-state index in [9.17, 15) is 4.79 Å². The van der Waals surface area contributed by atoms with Crippen LogP contribution in [0, 0.1) is 6.92 Å². The molecule has 0 radical (unpaired) electrons. The van der Waals surface area contributed by atoms with Crippen molar-refractivity contribution in [3.05, 3.63) is 29.7 Å². The van der Waals surface area contributed by atoms with Crippen molar-refractivity contribution in [3.63, 3.8) is 0 Å². The van der Waals surface area contributed by atoms with Crippen molar-refractivity contribution >= 4 is 11.6 Å². The van der Waals surface area contributed by atoms with Gasteiger partial charge in [0.05, 0.1) is 12.2 Å². The van der Waals surface area contributed by atoms with Gasteiger partial charge in [0.15, 0.2) is 5.65 Å². The molecule has 6 nitrogen and oxygen atoms in total. The van der Waals surface area contributed by atoms with Gasteiger partial charge in [-0.1, -0.05) is 0 Å². The molecule has 0 bridgehead atoms. The Kier molecular flexibility index (Phi) is 3.88. The number of carbonyl (C=O) groups excluding carboxylic acids is 1. The van der Waals surface area contributed by atoms with Crippen LogP contribution in [-0.2, 0) is 11.3 Å². The maximum Gasteiger partial charge on any atom is 0.233 e. The average Bonchev–Trinajstić information content (AvgIpc) is 2.69. The quantitative estimate of drug-likeness (QED) is 0.795. The second-order valence-electron chi connectivity index (χ2n) is 4.11. The summed E-state index contributed by atoms with van der Waals surface area (Å²) < 4.78 is 1.75. The third-order valence-corrected chi connectivity index (χ3v) is 2.48. The molecule has 0 fully saturated rings. The highest BCUT2D eigenvalue weighted by atomic mass is 16.1. The largest absolute Gasteiger partial charge is 0.355 e. The van der Waals surface area contributed by atoms with Gasteiger partial charge in [0.25, 0.3) is 0 Å². The summed E-state index contributed by atoms with van der Waals surface area (Å²) in [5.74, 6) is 0.00136. The minimum Gasteiger partial charge on any atom is -0.355 e. The highest BCUT2D eigenvalue weighted by Crippen LogP contribution is 2.04. The summed E-state index contributed by atoms with van der Waals surface area (Å²) >= 11 is 0. The molecule has 0 saturated carbocycles. The number of likely N-dealkylation sites (N-methyl/N-ethyl adjacent to an activating group) is 1. The molecule has 0 unspecified atom stereocenters. The molecular formula is C12H17N5O. The van der Waals surface area contributed by atoms with Gasteiger partial charge in [-0.3, -0.25) is 4.79 Å². The van der Waals surface area contributed by atoms with Crippen LogP contribution in [0.2, 0.25) is 0 Å². The van der Waals surface area contributed by atoms with Crippen LogP contribution in [0.4, 0.5) is 0 Å². The molecule has 0 saturated heterocycles. The number of hydrogen-bond donors (Lipinski definition) is 2. The van der Waals surface area contributed by atoms with E-state index in [1.807, 2.05) is 26.1 Å². The topological polar surface area (TPSA) is 71.3 Å². The fourth-order valence-electron chi connectivity index (χ4n) is 1.71. The van der Waals surface area contributed by atoms with Crippen LogP contribution in [0.15, 0.2) is 18.5 Å². The lowest BCUT2D eigenvalue weighted by Crippen LogP contribution is -2.33. The Morgan fingerprint density at radius 2 is 2.33 bits per heavy atom. The zero-order valence-electron chi connectivity index (χ0n) is 10.6. The molecule has 0 atom stereocenters. The van der Waals surface area contributed by atoms with Crippen molar-refractivity contribution < 1.29 is 4.79 Å². The van der Waals surface area contributed by atoms with Gasteiger partial charge in [0.2, 0.25) is 5.91 Å². The number of nitrogens with zero attached hydrogens (tertiary/aromatic N) is 3. The predicted octanol–water partition coefficient (Wildman–Crippen LogP) is 0.263. The Bertz CT molecular complexity index is 548. The second kappa shape index (κ2) is 5.59. The van der Waals surface area contributed by atoms with Crippen LogP contribution in [0.5, 0.6) is 0 Å². The molecule has 0 spiro atoms. The lowest BCUT2D eigenvalue weighted by molar-refractivity contribution is -0.120. The fraction of sp³-hybridized carbons (Fsp3) is 0.417. The van der Waals surface area contributed by atoms with Gasteiger partial charge in [-0.2, -0.15) is 5.10 Å². The van der Waals surface area contributed by atoms with Gasteiger partial charge in [0, 0.05) is 37.1 Å². The van der Waals surface area contributed by atoms with Gasteiger partial charge in [-0.15, -0.1) is 0 Å². The molecule has 2 rings (SSSR count). The molecule has 1 amide bonds. The summed E-state index contributed by atoms with van der Waals surface area (Å²) in [6.07, 6.45) is 3.71. The monoisotopic (exact) mass is 247 g/mol. The summed E-state index contributed by atoms with van der Waals surface area (Å²) in [6.45, 7) is 5.39. The van der Waals surface area contributed by atoms with Crippen LogP contribution in [0.3, 0.4) is 0 Å². The molecule has 0 aromatic carbocycles. The van der Waals surface area contributed by atoms with E-state index < -0.39 is 0 Å². The Hall–Kier alpha value is -1.95. The number of aryl methyl sites for hydroxylation is 1. The smallest absolute Gasteiger partial charge is 0.233 e. The Morgan fingerprint density at radius 1 is 1.50 bits per heavy atom. The van der Waals surface area contributed by atoms with Gasteiger partial charge in [-0.05, 0) is 13.8 Å². The van der Waals surface area contributed by atoms with Crippen molar-refractivity contribution in [1.82, 2.24) is 25.2 Å². The molecular weight excluding hydrogens is 230 g/mol. The zero-order valence-corrected chi connectivity index (χ0v) is 10.6.